The van der Waals surface area contributed by atoms with Crippen molar-refractivity contribution in [3.05, 3.63) is 0 Å². The molecule has 4 unspecified atom stereocenters. The number of ketones is 1. The maximum atomic E-state index is 12.9. The molecule has 0 aromatic carbocycles. The number of fused-ring (bicyclic) bond motifs is 7. The summed E-state index contributed by atoms with van der Waals surface area (Å²) in [6, 6.07) is 0. The Kier molecular flexibility index (Phi) is 5.53. The van der Waals surface area contributed by atoms with Crippen molar-refractivity contribution in [3.8, 4) is 0 Å². The van der Waals surface area contributed by atoms with E-state index in [9.17, 15) is 14.7 Å². The van der Waals surface area contributed by atoms with Crippen LogP contribution in [0.2, 0.25) is 0 Å². The molecule has 5 rings (SSSR count). The van der Waals surface area contributed by atoms with Crippen LogP contribution in [0.1, 0.15) is 119 Å². The number of hydrogen-bond acceptors (Lipinski definition) is 2. The third-order valence-electron chi connectivity index (χ3n) is 13.5. The maximum Gasteiger partial charge on any atom is 0.309 e. The first-order valence-corrected chi connectivity index (χ1v) is 14.5. The molecule has 0 radical (unpaired) electrons. The molecule has 0 bridgehead atoms. The van der Waals surface area contributed by atoms with Gasteiger partial charge in [-0.1, -0.05) is 48.5 Å². The first kappa shape index (κ1) is 24.8. The van der Waals surface area contributed by atoms with Gasteiger partial charge in [-0.15, -0.1) is 0 Å². The third kappa shape index (κ3) is 2.94. The quantitative estimate of drug-likeness (QED) is 0.458. The van der Waals surface area contributed by atoms with Gasteiger partial charge in [0.1, 0.15) is 5.78 Å². The van der Waals surface area contributed by atoms with Crippen molar-refractivity contribution in [2.75, 3.05) is 0 Å². The molecule has 0 saturated heterocycles. The van der Waals surface area contributed by atoms with Crippen molar-refractivity contribution in [2.45, 2.75) is 119 Å². The fourth-order valence-electron chi connectivity index (χ4n) is 11.8. The molecule has 0 amide bonds. The molecule has 3 nitrogen and oxygen atoms in total. The van der Waals surface area contributed by atoms with E-state index in [4.69, 9.17) is 0 Å². The second-order valence-corrected chi connectivity index (χ2v) is 15.2. The summed E-state index contributed by atoms with van der Waals surface area (Å²) in [7, 11) is 0. The normalized spacial score (nSPS) is 51.9. The summed E-state index contributed by atoms with van der Waals surface area (Å²) in [5.41, 5.74) is -0.00309. The average molecular weight is 471 g/mol. The molecule has 3 heteroatoms. The minimum atomic E-state index is -0.499. The molecular formula is C31H50O3. The number of carbonyl (C=O) groups is 2. The molecule has 9 atom stereocenters. The van der Waals surface area contributed by atoms with Crippen LogP contribution in [-0.4, -0.2) is 16.9 Å². The van der Waals surface area contributed by atoms with E-state index in [1.807, 2.05) is 0 Å². The van der Waals surface area contributed by atoms with Gasteiger partial charge in [-0.25, -0.2) is 0 Å². The van der Waals surface area contributed by atoms with Crippen molar-refractivity contribution in [2.24, 2.45) is 62.6 Å². The van der Waals surface area contributed by atoms with E-state index in [0.717, 1.165) is 44.9 Å². The summed E-state index contributed by atoms with van der Waals surface area (Å²) < 4.78 is 0. The van der Waals surface area contributed by atoms with Gasteiger partial charge in [0.2, 0.25) is 0 Å². The van der Waals surface area contributed by atoms with E-state index >= 15 is 0 Å². The van der Waals surface area contributed by atoms with Gasteiger partial charge in [-0.05, 0) is 116 Å². The van der Waals surface area contributed by atoms with E-state index in [0.29, 0.717) is 41.3 Å². The van der Waals surface area contributed by atoms with Gasteiger partial charge in [-0.2, -0.15) is 0 Å². The number of carboxylic acid groups (broad SMARTS) is 1. The van der Waals surface area contributed by atoms with E-state index < -0.39 is 11.4 Å². The van der Waals surface area contributed by atoms with Gasteiger partial charge in [0.25, 0.3) is 0 Å². The number of Topliss-reactive ketones (excluding diaryl/α,β-unsaturated/α-hetero) is 1. The first-order valence-electron chi connectivity index (χ1n) is 14.5. The van der Waals surface area contributed by atoms with Crippen LogP contribution in [0.25, 0.3) is 0 Å². The monoisotopic (exact) mass is 470 g/mol. The molecule has 34 heavy (non-hydrogen) atoms. The number of hydrogen-bond donors (Lipinski definition) is 1. The zero-order valence-electron chi connectivity index (χ0n) is 23.0. The second kappa shape index (κ2) is 7.58. The number of carboxylic acids is 1. The van der Waals surface area contributed by atoms with Crippen LogP contribution >= 0.6 is 0 Å². The van der Waals surface area contributed by atoms with Crippen LogP contribution in [0.4, 0.5) is 0 Å². The number of aliphatic carboxylic acids is 1. The Hall–Kier alpha value is -0.860. The molecule has 0 aromatic rings. The average Bonchev–Trinajstić information content (AvgIpc) is 3.11. The molecule has 192 valence electrons. The summed E-state index contributed by atoms with van der Waals surface area (Å²) in [4.78, 5) is 25.8. The molecule has 0 spiro atoms. The fourth-order valence-corrected chi connectivity index (χ4v) is 11.8. The summed E-state index contributed by atoms with van der Waals surface area (Å²) in [6.07, 6.45) is 11.7. The van der Waals surface area contributed by atoms with Gasteiger partial charge >= 0.3 is 5.97 Å². The van der Waals surface area contributed by atoms with Crippen molar-refractivity contribution in [1.29, 1.82) is 0 Å². The molecular weight excluding hydrogens is 420 g/mol. The lowest BCUT2D eigenvalue weighted by molar-refractivity contribution is -0.236. The minimum Gasteiger partial charge on any atom is -0.481 e. The Morgan fingerprint density at radius 1 is 0.882 bits per heavy atom. The lowest BCUT2D eigenvalue weighted by Crippen LogP contribution is -2.66. The van der Waals surface area contributed by atoms with Crippen LogP contribution in [-0.2, 0) is 9.59 Å². The lowest BCUT2D eigenvalue weighted by Gasteiger charge is -2.72. The molecule has 5 aliphatic rings. The summed E-state index contributed by atoms with van der Waals surface area (Å²) in [5.74, 6) is 3.19. The highest BCUT2D eigenvalue weighted by Crippen LogP contribution is 2.77. The zero-order chi connectivity index (χ0) is 24.9. The number of rotatable bonds is 3. The van der Waals surface area contributed by atoms with Gasteiger partial charge in [0.15, 0.2) is 0 Å². The van der Waals surface area contributed by atoms with E-state index in [1.165, 1.54) is 25.7 Å². The molecule has 1 N–H and O–H groups in total. The summed E-state index contributed by atoms with van der Waals surface area (Å²) in [5, 5.41) is 10.6. The van der Waals surface area contributed by atoms with Gasteiger partial charge in [-0.3, -0.25) is 9.59 Å². The van der Waals surface area contributed by atoms with E-state index in [2.05, 4.69) is 48.5 Å². The highest BCUT2D eigenvalue weighted by atomic mass is 16.4. The Balaban J connectivity index is 1.55. The van der Waals surface area contributed by atoms with Crippen LogP contribution in [0.15, 0.2) is 0 Å². The highest BCUT2D eigenvalue weighted by Gasteiger charge is 2.71. The minimum absolute atomic E-state index is 0.203. The Labute approximate surface area is 208 Å². The van der Waals surface area contributed by atoms with Gasteiger partial charge in [0.05, 0.1) is 5.41 Å². The van der Waals surface area contributed by atoms with Gasteiger partial charge < -0.3 is 5.11 Å². The van der Waals surface area contributed by atoms with Crippen LogP contribution in [0, 0.1) is 62.6 Å². The molecule has 5 saturated carbocycles. The zero-order valence-corrected chi connectivity index (χ0v) is 23.0. The topological polar surface area (TPSA) is 54.4 Å². The third-order valence-corrected chi connectivity index (χ3v) is 13.5. The second-order valence-electron chi connectivity index (χ2n) is 15.2. The largest absolute Gasteiger partial charge is 0.481 e. The van der Waals surface area contributed by atoms with Crippen LogP contribution < -0.4 is 0 Å². The van der Waals surface area contributed by atoms with Crippen molar-refractivity contribution in [3.63, 3.8) is 0 Å². The maximum absolute atomic E-state index is 12.9. The molecule has 0 heterocycles. The van der Waals surface area contributed by atoms with Crippen LogP contribution in [0.3, 0.4) is 0 Å². The summed E-state index contributed by atoms with van der Waals surface area (Å²) in [6.45, 7) is 16.8. The van der Waals surface area contributed by atoms with Gasteiger partial charge in [0, 0.05) is 11.8 Å². The molecule has 5 fully saturated rings. The Morgan fingerprint density at radius 3 is 2.24 bits per heavy atom. The summed E-state index contributed by atoms with van der Waals surface area (Å²) >= 11 is 0. The SMILES string of the molecule is CC(C)C[C@@H]1CC[C@]2(C(=O)O)CC[C@]3(C)C(CCC4[C@@]5(C)CCC(=O)C(C)(C)C5CC[C@]43C)C12. The Morgan fingerprint density at radius 2 is 1.59 bits per heavy atom. The van der Waals surface area contributed by atoms with Crippen molar-refractivity contribution < 1.29 is 14.7 Å². The fraction of sp³-hybridized carbons (Fsp3) is 0.935. The van der Waals surface area contributed by atoms with E-state index in [-0.39, 0.29) is 21.7 Å². The van der Waals surface area contributed by atoms with E-state index in [1.54, 1.807) is 0 Å². The Bertz CT molecular complexity index is 874. The molecule has 0 aromatic heterocycles. The van der Waals surface area contributed by atoms with Crippen molar-refractivity contribution >= 4 is 11.8 Å². The number of carbonyl (C=O) groups excluding carboxylic acids is 1. The predicted octanol–water partition coefficient (Wildman–Crippen LogP) is 7.77. The molecule has 0 aliphatic heterocycles. The smallest absolute Gasteiger partial charge is 0.309 e. The van der Waals surface area contributed by atoms with Crippen molar-refractivity contribution in [1.82, 2.24) is 0 Å². The van der Waals surface area contributed by atoms with Crippen LogP contribution in [0.5, 0.6) is 0 Å². The highest BCUT2D eigenvalue weighted by molar-refractivity contribution is 5.85. The predicted molar refractivity (Wildman–Crippen MR) is 136 cm³/mol. The standard InChI is InChI=1S/C31H50O3/c1-19(2)18-20-10-15-31(26(33)34)17-16-29(6)21(25(20)31)8-9-23-28(5)13-12-24(32)27(3,4)22(28)11-14-30(23,29)7/h19-23,25H,8-18H2,1-7H3,(H,33,34)/t20-,21?,22?,23?,25?,28-,29+,30+,31-/m0/s1. The molecule has 5 aliphatic carbocycles. The first-order chi connectivity index (χ1) is 15.7. The lowest BCUT2D eigenvalue weighted by atomic mass is 9.32.